The molecular formula is C30H38N4O6. The summed E-state index contributed by atoms with van der Waals surface area (Å²) in [6, 6.07) is 8.53. The van der Waals surface area contributed by atoms with Crippen molar-refractivity contribution in [3.05, 3.63) is 54.6 Å². The molecule has 0 bridgehead atoms. The van der Waals surface area contributed by atoms with E-state index < -0.39 is 29.1 Å². The minimum atomic E-state index is -1.28. The van der Waals surface area contributed by atoms with Crippen LogP contribution in [0.2, 0.25) is 0 Å². The van der Waals surface area contributed by atoms with E-state index in [0.717, 1.165) is 18.8 Å². The van der Waals surface area contributed by atoms with Crippen LogP contribution >= 0.6 is 0 Å². The lowest BCUT2D eigenvalue weighted by atomic mass is 9.74. The molecule has 6 rings (SSSR count). The first-order chi connectivity index (χ1) is 19.4. The zero-order valence-corrected chi connectivity index (χ0v) is 23.0. The highest BCUT2D eigenvalue weighted by atomic mass is 16.5. The monoisotopic (exact) mass is 550 g/mol. The van der Waals surface area contributed by atoms with Crippen molar-refractivity contribution in [3.63, 3.8) is 0 Å². The summed E-state index contributed by atoms with van der Waals surface area (Å²) in [7, 11) is 0. The number of benzene rings is 1. The topological polar surface area (TPSA) is 103 Å². The predicted octanol–water partition coefficient (Wildman–Crippen LogP) is 0.673. The van der Waals surface area contributed by atoms with Gasteiger partial charge in [-0.15, -0.1) is 0 Å². The number of aliphatic hydroxyl groups excluding tert-OH is 1. The summed E-state index contributed by atoms with van der Waals surface area (Å²) < 4.78 is 12.3. The van der Waals surface area contributed by atoms with Crippen LogP contribution in [0.1, 0.15) is 13.3 Å². The fourth-order valence-corrected chi connectivity index (χ4v) is 7.18. The van der Waals surface area contributed by atoms with Crippen molar-refractivity contribution in [3.8, 4) is 0 Å². The Morgan fingerprint density at radius 2 is 1.65 bits per heavy atom. The Balaban J connectivity index is 1.36. The van der Waals surface area contributed by atoms with E-state index in [4.69, 9.17) is 9.47 Å². The van der Waals surface area contributed by atoms with Crippen LogP contribution in [0.5, 0.6) is 0 Å². The average molecular weight is 551 g/mol. The highest BCUT2D eigenvalue weighted by molar-refractivity contribution is 6.04. The normalized spacial score (nSPS) is 34.1. The van der Waals surface area contributed by atoms with Gasteiger partial charge in [-0.25, -0.2) is 0 Å². The van der Waals surface area contributed by atoms with Gasteiger partial charge in [-0.1, -0.05) is 42.5 Å². The second-order valence-electron chi connectivity index (χ2n) is 11.4. The Hall–Kier alpha value is -3.05. The molecule has 5 aliphatic heterocycles. The molecule has 3 saturated heterocycles. The van der Waals surface area contributed by atoms with Crippen molar-refractivity contribution < 1.29 is 29.0 Å². The zero-order chi connectivity index (χ0) is 27.9. The lowest BCUT2D eigenvalue weighted by molar-refractivity contribution is -0.151. The molecule has 1 spiro atoms. The summed E-state index contributed by atoms with van der Waals surface area (Å²) in [5, 5.41) is 9.62. The number of likely N-dealkylation sites (tertiary alicyclic amines) is 1. The summed E-state index contributed by atoms with van der Waals surface area (Å²) in [4.78, 5) is 50.2. The molecule has 0 aliphatic carbocycles. The summed E-state index contributed by atoms with van der Waals surface area (Å²) >= 11 is 0. The molecule has 5 aliphatic rings. The number of fused-ring (bicyclic) bond motifs is 2. The minimum Gasteiger partial charge on any atom is -0.396 e. The van der Waals surface area contributed by atoms with Crippen LogP contribution < -0.4 is 4.90 Å². The first-order valence-electron chi connectivity index (χ1n) is 14.3. The van der Waals surface area contributed by atoms with Gasteiger partial charge in [0.2, 0.25) is 17.7 Å². The quantitative estimate of drug-likeness (QED) is 0.498. The molecule has 5 atom stereocenters. The number of amides is 3. The average Bonchev–Trinajstić information content (AvgIpc) is 3.23. The molecule has 214 valence electrons. The third-order valence-corrected chi connectivity index (χ3v) is 9.06. The van der Waals surface area contributed by atoms with Crippen molar-refractivity contribution in [2.45, 2.75) is 30.6 Å². The fraction of sp³-hybridized carbons (Fsp3) is 0.567. The van der Waals surface area contributed by atoms with Gasteiger partial charge in [-0.05, 0) is 25.5 Å². The molecule has 1 aromatic rings. The Kier molecular flexibility index (Phi) is 7.28. The van der Waals surface area contributed by atoms with E-state index in [1.165, 1.54) is 0 Å². The van der Waals surface area contributed by atoms with Crippen molar-refractivity contribution >= 4 is 23.4 Å². The summed E-state index contributed by atoms with van der Waals surface area (Å²) in [6.07, 6.45) is 7.95. The van der Waals surface area contributed by atoms with Crippen molar-refractivity contribution in [2.24, 2.45) is 11.8 Å². The molecule has 0 radical (unpaired) electrons. The first-order valence-corrected chi connectivity index (χ1v) is 14.3. The largest absolute Gasteiger partial charge is 0.396 e. The molecule has 1 aromatic carbocycles. The second-order valence-corrected chi connectivity index (χ2v) is 11.4. The number of morpholine rings is 1. The van der Waals surface area contributed by atoms with Gasteiger partial charge in [0, 0.05) is 58.1 Å². The van der Waals surface area contributed by atoms with Crippen molar-refractivity contribution in [1.82, 2.24) is 14.7 Å². The van der Waals surface area contributed by atoms with Crippen LogP contribution in [-0.4, -0.2) is 120 Å². The van der Waals surface area contributed by atoms with Crippen LogP contribution in [-0.2, 0) is 23.9 Å². The second kappa shape index (κ2) is 10.7. The van der Waals surface area contributed by atoms with Crippen LogP contribution in [0.25, 0.3) is 0 Å². The van der Waals surface area contributed by atoms with Gasteiger partial charge < -0.3 is 29.3 Å². The number of aliphatic hydroxyl groups is 1. The first kappa shape index (κ1) is 27.1. The van der Waals surface area contributed by atoms with E-state index in [1.807, 2.05) is 61.6 Å². The Labute approximate surface area is 234 Å². The smallest absolute Gasteiger partial charge is 0.249 e. The summed E-state index contributed by atoms with van der Waals surface area (Å²) in [6.45, 7) is 6.98. The van der Waals surface area contributed by atoms with Gasteiger partial charge in [0.1, 0.15) is 11.6 Å². The van der Waals surface area contributed by atoms with E-state index in [9.17, 15) is 19.5 Å². The molecule has 3 amide bonds. The van der Waals surface area contributed by atoms with Crippen LogP contribution in [0.15, 0.2) is 54.6 Å². The summed E-state index contributed by atoms with van der Waals surface area (Å²) in [5.74, 6) is -2.30. The molecule has 10 heteroatoms. The molecular weight excluding hydrogens is 512 g/mol. The number of nitrogens with zero attached hydrogens (tertiary/aromatic N) is 4. The molecule has 0 aromatic heterocycles. The molecule has 1 N–H and O–H groups in total. The lowest BCUT2D eigenvalue weighted by Crippen LogP contribution is -2.56. The number of para-hydroxylation sites is 1. The van der Waals surface area contributed by atoms with E-state index in [0.29, 0.717) is 45.8 Å². The van der Waals surface area contributed by atoms with E-state index in [-0.39, 0.29) is 30.9 Å². The Bertz CT molecular complexity index is 1200. The predicted molar refractivity (Wildman–Crippen MR) is 147 cm³/mol. The van der Waals surface area contributed by atoms with E-state index in [2.05, 4.69) is 4.90 Å². The molecule has 1 unspecified atom stereocenters. The number of ether oxygens (including phenoxy) is 2. The van der Waals surface area contributed by atoms with Crippen LogP contribution in [0.4, 0.5) is 5.69 Å². The number of anilines is 1. The third-order valence-electron chi connectivity index (χ3n) is 9.06. The SMILES string of the molecule is C[C@]12C=CCN(c3ccccc3)C(=O)[C@H]1[C@H]1C(=O)N(CCCO)C3C(=O)N(CCN4CCOCC4)CC=C[C@@]31O2. The minimum absolute atomic E-state index is 0.107. The number of carbonyl (C=O) groups excluding carboxylic acids is 3. The molecule has 10 nitrogen and oxygen atoms in total. The highest BCUT2D eigenvalue weighted by Gasteiger charge is 2.74. The van der Waals surface area contributed by atoms with Crippen molar-refractivity contribution in [1.29, 1.82) is 0 Å². The Morgan fingerprint density at radius 1 is 0.900 bits per heavy atom. The highest BCUT2D eigenvalue weighted by Crippen LogP contribution is 2.57. The fourth-order valence-electron chi connectivity index (χ4n) is 7.18. The number of carbonyl (C=O) groups is 3. The standard InChI is InChI=1S/C30H38N4O6/c1-29-10-5-13-33(22-8-3-2-4-9-22)26(36)23(29)24-27(37)34(14-7-19-35)25-28(38)32(12-6-11-30(24,25)40-29)16-15-31-17-20-39-21-18-31/h2-6,8-11,23-25,35H,7,12-21H2,1H3/t23-,24+,25?,29+,30+/m1/s1. The van der Waals surface area contributed by atoms with Crippen LogP contribution in [0, 0.1) is 11.8 Å². The van der Waals surface area contributed by atoms with Gasteiger partial charge in [0.15, 0.2) is 0 Å². The van der Waals surface area contributed by atoms with Gasteiger partial charge in [-0.2, -0.15) is 0 Å². The van der Waals surface area contributed by atoms with Crippen LogP contribution in [0.3, 0.4) is 0 Å². The number of hydrogen-bond donors (Lipinski definition) is 1. The molecule has 40 heavy (non-hydrogen) atoms. The van der Waals surface area contributed by atoms with E-state index >= 15 is 0 Å². The molecule has 5 heterocycles. The van der Waals surface area contributed by atoms with E-state index in [1.54, 1.807) is 14.7 Å². The number of hydrogen-bond acceptors (Lipinski definition) is 7. The Morgan fingerprint density at radius 3 is 2.40 bits per heavy atom. The molecule has 0 saturated carbocycles. The number of rotatable bonds is 7. The lowest BCUT2D eigenvalue weighted by Gasteiger charge is -2.38. The van der Waals surface area contributed by atoms with Gasteiger partial charge >= 0.3 is 0 Å². The summed E-state index contributed by atoms with van der Waals surface area (Å²) in [5.41, 5.74) is -1.59. The maximum Gasteiger partial charge on any atom is 0.249 e. The molecule has 3 fully saturated rings. The van der Waals surface area contributed by atoms with Crippen molar-refractivity contribution in [2.75, 3.05) is 70.5 Å². The zero-order valence-electron chi connectivity index (χ0n) is 23.0. The maximum atomic E-state index is 14.3. The van der Waals surface area contributed by atoms with Gasteiger partial charge in [-0.3, -0.25) is 19.3 Å². The third kappa shape index (κ3) is 4.38. The van der Waals surface area contributed by atoms with Gasteiger partial charge in [0.05, 0.1) is 30.7 Å². The van der Waals surface area contributed by atoms with Gasteiger partial charge in [0.25, 0.3) is 0 Å². The maximum absolute atomic E-state index is 14.3.